The minimum atomic E-state index is -6.01. The SMILES string of the molecule is [2H]c1c([2H])c([2H])c([Si](c2cccc(-c3cc(C(C)(C)C)cc(C(C)(C)C)c3)c2-[n+]2[c-]n(-c3cccc(Oc4ccc5c6ccccc6n(-c6cc(C(C)(C)C)ccn6)c5c4)c3)c3cc(-c4c(C([2H])([2H])[2H])cccc4C([2H])([2H])[2H])ccc32)(c2c([2H])c([2H])c([2H])c([2H])c2[2H])c2c([2H])c([2H])c([2H])c([2H])c2[2H])c([2H])c1[2H]. The molecular weight excluding hydrogens is 1060 g/mol. The van der Waals surface area contributed by atoms with E-state index >= 15 is 0 Å². The van der Waals surface area contributed by atoms with Crippen LogP contribution in [0, 0.1) is 20.0 Å². The molecule has 0 aliphatic carbocycles. The first-order valence-electron chi connectivity index (χ1n) is 38.9. The van der Waals surface area contributed by atoms with E-state index in [1.54, 1.807) is 63.9 Å². The maximum atomic E-state index is 10.2. The number of imidazole rings is 1. The first-order valence-corrected chi connectivity index (χ1v) is 30.4. The number of hydrogen-bond acceptors (Lipinski definition) is 2. The summed E-state index contributed by atoms with van der Waals surface area (Å²) < 4.78 is 210. The summed E-state index contributed by atoms with van der Waals surface area (Å²) in [6.45, 7) is 12.8. The number of aromatic nitrogens is 4. The van der Waals surface area contributed by atoms with Gasteiger partial charge >= 0.3 is 0 Å². The number of benzene rings is 10. The zero-order chi connectivity index (χ0) is 77.8. The second kappa shape index (κ2) is 21.6. The summed E-state index contributed by atoms with van der Waals surface area (Å²) in [6.07, 6.45) is 5.38. The summed E-state index contributed by atoms with van der Waals surface area (Å²) in [7, 11) is -6.01. The minimum absolute atomic E-state index is 0.0447. The molecule has 0 fully saturated rings. The summed E-state index contributed by atoms with van der Waals surface area (Å²) in [5, 5.41) is -0.472. The zero-order valence-electron chi connectivity index (χ0n) is 70.2. The Morgan fingerprint density at radius 2 is 1.09 bits per heavy atom. The van der Waals surface area contributed by atoms with Crippen LogP contribution in [0.1, 0.15) is 119 Å². The lowest BCUT2D eigenvalue weighted by Gasteiger charge is -2.37. The van der Waals surface area contributed by atoms with Gasteiger partial charge in [-0.2, -0.15) is 0 Å². The van der Waals surface area contributed by atoms with E-state index in [4.69, 9.17) is 22.1 Å². The Labute approximate surface area is 538 Å². The highest BCUT2D eigenvalue weighted by Crippen LogP contribution is 2.40. The molecule has 0 atom stereocenters. The molecule has 424 valence electrons. The molecule has 0 radical (unpaired) electrons. The normalized spacial score (nSPS) is 16.1. The third kappa shape index (κ3) is 9.95. The van der Waals surface area contributed by atoms with E-state index in [1.165, 1.54) is 30.3 Å². The molecule has 0 aliphatic rings. The Morgan fingerprint density at radius 1 is 0.500 bits per heavy atom. The molecule has 13 aromatic rings. The van der Waals surface area contributed by atoms with E-state index in [-0.39, 0.29) is 60.9 Å². The van der Waals surface area contributed by atoms with Gasteiger partial charge in [0.15, 0.2) is 8.07 Å². The van der Waals surface area contributed by atoms with Gasteiger partial charge in [-0.1, -0.05) is 244 Å². The molecule has 6 heteroatoms. The summed E-state index contributed by atoms with van der Waals surface area (Å²) in [5.41, 5.74) is 3.87. The lowest BCUT2D eigenvalue weighted by Crippen LogP contribution is -2.76. The van der Waals surface area contributed by atoms with Gasteiger partial charge in [-0.25, -0.2) is 4.98 Å². The van der Waals surface area contributed by atoms with Crippen LogP contribution in [0.4, 0.5) is 0 Å². The van der Waals surface area contributed by atoms with Crippen LogP contribution in [0.2, 0.25) is 0 Å². The highest BCUT2D eigenvalue weighted by atomic mass is 28.3. The first kappa shape index (κ1) is 36.5. The summed E-state index contributed by atoms with van der Waals surface area (Å²) >= 11 is 0. The number of hydrogen-bond donors (Lipinski definition) is 0. The van der Waals surface area contributed by atoms with Crippen molar-refractivity contribution in [1.82, 2.24) is 14.1 Å². The van der Waals surface area contributed by atoms with Gasteiger partial charge in [0.25, 0.3) is 6.33 Å². The average Bonchev–Trinajstić information content (AvgIpc) is 0.760. The number of pyridine rings is 1. The topological polar surface area (TPSA) is 35.9 Å². The molecule has 0 N–H and O–H groups in total. The average molecular weight is 1160 g/mol. The highest BCUT2D eigenvalue weighted by molar-refractivity contribution is 7.20. The third-order valence-electron chi connectivity index (χ3n) is 16.1. The van der Waals surface area contributed by atoms with Gasteiger partial charge in [0.1, 0.15) is 17.3 Å². The number of rotatable bonds is 11. The maximum absolute atomic E-state index is 10.2. The van der Waals surface area contributed by atoms with Crippen molar-refractivity contribution in [2.45, 2.75) is 92.3 Å². The molecule has 0 unspecified atom stereocenters. The number of ether oxygens (including phenoxy) is 1. The molecule has 0 bridgehead atoms. The van der Waals surface area contributed by atoms with Crippen LogP contribution < -0.4 is 30.1 Å². The standard InChI is InChI=1S/C80H74N4OSi/c1-54-26-23-27-55(2)76(54)56-40-43-71-73(48-56)82(61-28-24-29-62(51-61)85-63-41-42-69-68-36-21-22-38-70(68)84(72(69)52-63)75-50-58(44-45-81-75)78(3,4)5)53-83(71)77-67(57-46-59(79(6,7)8)49-60(47-57)80(9,10)11)37-25-39-74(77)86(64-30-15-12-16-31-64,65-32-17-13-18-33-65)66-34-19-14-20-35-66/h12-52H,1-11H3/i1D3,2D3,12D,13D,14D,15D,16D,17D,18D,19D,20D,30D,31D,32D,33D,34D,35D. The Morgan fingerprint density at radius 3 is 1.72 bits per heavy atom. The van der Waals surface area contributed by atoms with Crippen molar-refractivity contribution in [2.24, 2.45) is 0 Å². The predicted octanol–water partition coefficient (Wildman–Crippen LogP) is 17.2. The number of aryl methyl sites for hydroxylation is 2. The summed E-state index contributed by atoms with van der Waals surface area (Å²) in [5.74, 6) is 1.40. The lowest BCUT2D eigenvalue weighted by atomic mass is 9.79. The van der Waals surface area contributed by atoms with Crippen LogP contribution in [0.5, 0.6) is 11.5 Å². The largest absolute Gasteiger partial charge is 0.458 e. The Balaban J connectivity index is 1.22. The molecule has 86 heavy (non-hydrogen) atoms. The Kier molecular flexibility index (Phi) is 9.17. The molecule has 0 spiro atoms. The first-order chi connectivity index (χ1) is 50.0. The van der Waals surface area contributed by atoms with E-state index in [1.807, 2.05) is 102 Å². The van der Waals surface area contributed by atoms with Gasteiger partial charge < -0.3 is 4.74 Å². The van der Waals surface area contributed by atoms with Crippen molar-refractivity contribution in [3.05, 3.63) is 283 Å². The summed E-state index contributed by atoms with van der Waals surface area (Å²) in [6, 6.07) is 30.0. The van der Waals surface area contributed by atoms with Gasteiger partial charge in [0.2, 0.25) is 0 Å². The van der Waals surface area contributed by atoms with Crippen molar-refractivity contribution in [3.8, 4) is 50.9 Å². The fraction of sp³-hybridized carbons (Fsp3) is 0.175. The maximum Gasteiger partial charge on any atom is 0.269 e. The summed E-state index contributed by atoms with van der Waals surface area (Å²) in [4.78, 5) is 4.87. The van der Waals surface area contributed by atoms with Gasteiger partial charge in [-0.05, 0) is 155 Å². The second-order valence-corrected chi connectivity index (χ2v) is 28.3. The monoisotopic (exact) mass is 1160 g/mol. The number of para-hydroxylation sites is 2. The van der Waals surface area contributed by atoms with Gasteiger partial charge in [0.05, 0.1) is 54.0 Å². The highest BCUT2D eigenvalue weighted by Gasteiger charge is 2.44. The van der Waals surface area contributed by atoms with E-state index in [2.05, 4.69) is 43.8 Å². The molecule has 13 rings (SSSR count). The number of nitrogens with zero attached hydrogens (tertiary/aromatic N) is 4. The molecule has 0 aliphatic heterocycles. The van der Waals surface area contributed by atoms with Crippen LogP contribution in [-0.4, -0.2) is 22.2 Å². The van der Waals surface area contributed by atoms with E-state index in [0.29, 0.717) is 22.8 Å². The van der Waals surface area contributed by atoms with E-state index < -0.39 is 139 Å². The van der Waals surface area contributed by atoms with Crippen molar-refractivity contribution in [2.75, 3.05) is 0 Å². The smallest absolute Gasteiger partial charge is 0.269 e. The van der Waals surface area contributed by atoms with E-state index in [0.717, 1.165) is 38.5 Å². The second-order valence-electron chi connectivity index (χ2n) is 24.7. The lowest BCUT2D eigenvalue weighted by molar-refractivity contribution is -0.570. The van der Waals surface area contributed by atoms with Gasteiger partial charge in [-0.15, -0.1) is 0 Å². The molecule has 5 nitrogen and oxygen atoms in total. The van der Waals surface area contributed by atoms with Crippen LogP contribution >= 0.6 is 0 Å². The molecule has 0 saturated heterocycles. The van der Waals surface area contributed by atoms with Crippen molar-refractivity contribution in [3.63, 3.8) is 0 Å². The molecule has 0 amide bonds. The molecular formula is C80H74N4OSi. The van der Waals surface area contributed by atoms with Crippen molar-refractivity contribution < 1.29 is 38.1 Å². The van der Waals surface area contributed by atoms with Crippen LogP contribution in [0.25, 0.3) is 72.3 Å². The van der Waals surface area contributed by atoms with Crippen molar-refractivity contribution >= 4 is 61.7 Å². The quantitative estimate of drug-likeness (QED) is 0.0560. The molecule has 3 heterocycles. The molecule has 0 saturated carbocycles. The predicted molar refractivity (Wildman–Crippen MR) is 362 cm³/mol. The minimum Gasteiger partial charge on any atom is -0.458 e. The van der Waals surface area contributed by atoms with Crippen LogP contribution in [0.15, 0.2) is 248 Å². The zero-order valence-corrected chi connectivity index (χ0v) is 50.2. The van der Waals surface area contributed by atoms with Crippen molar-refractivity contribution in [1.29, 1.82) is 0 Å². The fourth-order valence-electron chi connectivity index (χ4n) is 11.6. The van der Waals surface area contributed by atoms with Gasteiger partial charge in [0, 0.05) is 31.3 Å². The molecule has 10 aromatic carbocycles. The fourth-order valence-corrected chi connectivity index (χ4v) is 15.6. The van der Waals surface area contributed by atoms with Crippen LogP contribution in [-0.2, 0) is 16.2 Å². The third-order valence-corrected chi connectivity index (χ3v) is 20.3. The van der Waals surface area contributed by atoms with Crippen LogP contribution in [0.3, 0.4) is 0 Å². The Hall–Kier alpha value is -9.36. The number of fused-ring (bicyclic) bond motifs is 4. The van der Waals surface area contributed by atoms with Gasteiger partial charge in [-0.3, -0.25) is 13.7 Å². The van der Waals surface area contributed by atoms with E-state index in [9.17, 15) is 16.4 Å². The molecule has 3 aromatic heterocycles. The Bertz CT molecular complexity index is 5560.